The summed E-state index contributed by atoms with van der Waals surface area (Å²) in [4.78, 5) is 11.7. The summed E-state index contributed by atoms with van der Waals surface area (Å²) in [5, 5.41) is 13.8. The van der Waals surface area contributed by atoms with Crippen LogP contribution in [0.25, 0.3) is 0 Å². The molecule has 5 nitrogen and oxygen atoms in total. The van der Waals surface area contributed by atoms with Crippen LogP contribution >= 0.6 is 0 Å². The van der Waals surface area contributed by atoms with Crippen molar-refractivity contribution in [2.75, 3.05) is 11.9 Å². The normalized spacial score (nSPS) is 11.4. The number of nitrogens with one attached hydrogen (secondary N) is 2. The molecule has 0 heterocycles. The van der Waals surface area contributed by atoms with Gasteiger partial charge >= 0.3 is 12.6 Å². The van der Waals surface area contributed by atoms with Crippen LogP contribution in [0.3, 0.4) is 0 Å². The molecule has 1 aromatic rings. The lowest BCUT2D eigenvalue weighted by Gasteiger charge is -2.25. The molecule has 1 aromatic carbocycles. The number of anilines is 1. The average molecular weight is 306 g/mol. The van der Waals surface area contributed by atoms with E-state index >= 15 is 0 Å². The van der Waals surface area contributed by atoms with Gasteiger partial charge in [-0.2, -0.15) is 8.78 Å². The van der Waals surface area contributed by atoms with E-state index in [1.807, 2.05) is 0 Å². The van der Waals surface area contributed by atoms with Gasteiger partial charge in [0.25, 0.3) is 0 Å². The molecule has 0 saturated carbocycles. The van der Waals surface area contributed by atoms with Crippen LogP contribution in [0, 0.1) is 5.82 Å². The molecule has 0 spiro atoms. The third-order valence-electron chi connectivity index (χ3n) is 2.59. The van der Waals surface area contributed by atoms with Crippen molar-refractivity contribution in [3.05, 3.63) is 24.0 Å². The van der Waals surface area contributed by atoms with E-state index in [0.29, 0.717) is 6.42 Å². The minimum atomic E-state index is -3.12. The molecule has 0 aliphatic carbocycles. The van der Waals surface area contributed by atoms with Gasteiger partial charge in [0, 0.05) is 23.9 Å². The summed E-state index contributed by atoms with van der Waals surface area (Å²) in [5.41, 5.74) is -0.553. The molecule has 3 N–H and O–H groups in total. The predicted octanol–water partition coefficient (Wildman–Crippen LogP) is 2.71. The third kappa shape index (κ3) is 5.90. The van der Waals surface area contributed by atoms with Crippen molar-refractivity contribution in [1.29, 1.82) is 0 Å². The molecular formula is C13H17F3N2O3. The van der Waals surface area contributed by atoms with Gasteiger partial charge in [-0.25, -0.2) is 9.18 Å². The van der Waals surface area contributed by atoms with Crippen molar-refractivity contribution in [2.24, 2.45) is 0 Å². The lowest BCUT2D eigenvalue weighted by molar-refractivity contribution is -0.0521. The number of benzene rings is 1. The van der Waals surface area contributed by atoms with Crippen LogP contribution in [-0.4, -0.2) is 29.9 Å². The molecule has 0 unspecified atom stereocenters. The molecule has 1 rings (SSSR count). The van der Waals surface area contributed by atoms with E-state index < -0.39 is 29.7 Å². The quantitative estimate of drug-likeness (QED) is 0.757. The van der Waals surface area contributed by atoms with Gasteiger partial charge in [-0.3, -0.25) is 0 Å². The summed E-state index contributed by atoms with van der Waals surface area (Å²) < 4.78 is 41.4. The predicted molar refractivity (Wildman–Crippen MR) is 71.0 cm³/mol. The molecule has 0 aliphatic rings. The first-order valence-electron chi connectivity index (χ1n) is 6.18. The van der Waals surface area contributed by atoms with Crippen molar-refractivity contribution in [3.63, 3.8) is 0 Å². The molecule has 0 saturated heterocycles. The fourth-order valence-corrected chi connectivity index (χ4v) is 1.58. The molecule has 0 atom stereocenters. The number of carbonyl (C=O) groups excluding carboxylic acids is 1. The number of carbonyl (C=O) groups is 1. The first-order chi connectivity index (χ1) is 9.73. The number of ether oxygens (including phenoxy) is 1. The van der Waals surface area contributed by atoms with Gasteiger partial charge in [-0.05, 0) is 32.4 Å². The number of rotatable bonds is 6. The SMILES string of the molecule is CC(C)(CCO)NC(=O)Nc1ccc(OC(F)F)c(F)c1. The zero-order valence-electron chi connectivity index (χ0n) is 11.6. The van der Waals surface area contributed by atoms with Crippen LogP contribution in [0.15, 0.2) is 18.2 Å². The monoisotopic (exact) mass is 306 g/mol. The van der Waals surface area contributed by atoms with Crippen LogP contribution in [-0.2, 0) is 0 Å². The summed E-state index contributed by atoms with van der Waals surface area (Å²) in [7, 11) is 0. The highest BCUT2D eigenvalue weighted by molar-refractivity contribution is 5.89. The molecule has 0 aromatic heterocycles. The van der Waals surface area contributed by atoms with Gasteiger partial charge in [0.2, 0.25) is 0 Å². The van der Waals surface area contributed by atoms with Crippen LogP contribution in [0.2, 0.25) is 0 Å². The first kappa shape index (κ1) is 17.1. The first-order valence-corrected chi connectivity index (χ1v) is 6.18. The zero-order chi connectivity index (χ0) is 16.0. The smallest absolute Gasteiger partial charge is 0.387 e. The largest absolute Gasteiger partial charge is 0.432 e. The maximum absolute atomic E-state index is 13.5. The third-order valence-corrected chi connectivity index (χ3v) is 2.59. The Bertz CT molecular complexity index is 496. The second-order valence-corrected chi connectivity index (χ2v) is 4.96. The van der Waals surface area contributed by atoms with Crippen molar-refractivity contribution >= 4 is 11.7 Å². The number of aliphatic hydroxyl groups is 1. The van der Waals surface area contributed by atoms with E-state index in [1.54, 1.807) is 13.8 Å². The van der Waals surface area contributed by atoms with Crippen LogP contribution in [0.4, 0.5) is 23.7 Å². The Hall–Kier alpha value is -1.96. The molecule has 0 bridgehead atoms. The number of halogens is 3. The highest BCUT2D eigenvalue weighted by atomic mass is 19.3. The van der Waals surface area contributed by atoms with Gasteiger partial charge in [0.05, 0.1) is 0 Å². The number of hydrogen-bond donors (Lipinski definition) is 3. The average Bonchev–Trinajstić information content (AvgIpc) is 2.31. The summed E-state index contributed by atoms with van der Waals surface area (Å²) >= 11 is 0. The minimum Gasteiger partial charge on any atom is -0.432 e. The van der Waals surface area contributed by atoms with E-state index in [0.717, 1.165) is 12.1 Å². The standard InChI is InChI=1S/C13H17F3N2O3/c1-13(2,5-6-19)18-12(20)17-8-3-4-10(9(14)7-8)21-11(15)16/h3-4,7,11,19H,5-6H2,1-2H3,(H2,17,18,20). The van der Waals surface area contributed by atoms with E-state index in [9.17, 15) is 18.0 Å². The lowest BCUT2D eigenvalue weighted by Crippen LogP contribution is -2.46. The van der Waals surface area contributed by atoms with E-state index in [4.69, 9.17) is 5.11 Å². The summed E-state index contributed by atoms with van der Waals surface area (Å²) in [6.45, 7) is 0.203. The van der Waals surface area contributed by atoms with E-state index in [2.05, 4.69) is 15.4 Å². The van der Waals surface area contributed by atoms with E-state index in [-0.39, 0.29) is 12.3 Å². The number of alkyl halides is 2. The Morgan fingerprint density at radius 1 is 1.43 bits per heavy atom. The van der Waals surface area contributed by atoms with Crippen LogP contribution < -0.4 is 15.4 Å². The highest BCUT2D eigenvalue weighted by Gasteiger charge is 2.20. The maximum Gasteiger partial charge on any atom is 0.387 e. The Balaban J connectivity index is 2.67. The van der Waals surface area contributed by atoms with Crippen molar-refractivity contribution in [3.8, 4) is 5.75 Å². The summed E-state index contributed by atoms with van der Waals surface area (Å²) in [6, 6.07) is 2.50. The fourth-order valence-electron chi connectivity index (χ4n) is 1.58. The second kappa shape index (κ2) is 7.16. The van der Waals surface area contributed by atoms with Gasteiger partial charge in [-0.15, -0.1) is 0 Å². The number of amides is 2. The lowest BCUT2D eigenvalue weighted by atomic mass is 10.0. The molecular weight excluding hydrogens is 289 g/mol. The Morgan fingerprint density at radius 2 is 2.10 bits per heavy atom. The number of hydrogen-bond acceptors (Lipinski definition) is 3. The molecule has 0 fully saturated rings. The summed E-state index contributed by atoms with van der Waals surface area (Å²) in [6.07, 6.45) is 0.343. The fraction of sp³-hybridized carbons (Fsp3) is 0.462. The Kier molecular flexibility index (Phi) is 5.83. The van der Waals surface area contributed by atoms with Crippen molar-refractivity contribution < 1.29 is 27.8 Å². The zero-order valence-corrected chi connectivity index (χ0v) is 11.6. The van der Waals surface area contributed by atoms with Crippen molar-refractivity contribution in [1.82, 2.24) is 5.32 Å². The molecule has 8 heteroatoms. The molecule has 118 valence electrons. The second-order valence-electron chi connectivity index (χ2n) is 4.96. The highest BCUT2D eigenvalue weighted by Crippen LogP contribution is 2.22. The van der Waals surface area contributed by atoms with E-state index in [1.165, 1.54) is 6.07 Å². The number of urea groups is 1. The molecule has 2 amide bonds. The van der Waals surface area contributed by atoms with Crippen LogP contribution in [0.1, 0.15) is 20.3 Å². The topological polar surface area (TPSA) is 70.6 Å². The Morgan fingerprint density at radius 3 is 2.62 bits per heavy atom. The minimum absolute atomic E-state index is 0.0893. The van der Waals surface area contributed by atoms with Gasteiger partial charge in [-0.1, -0.05) is 0 Å². The molecule has 0 radical (unpaired) electrons. The van der Waals surface area contributed by atoms with Crippen molar-refractivity contribution in [2.45, 2.75) is 32.4 Å². The van der Waals surface area contributed by atoms with Gasteiger partial charge in [0.1, 0.15) is 0 Å². The molecule has 21 heavy (non-hydrogen) atoms. The molecule has 0 aliphatic heterocycles. The number of aliphatic hydroxyl groups excluding tert-OH is 1. The Labute approximate surface area is 120 Å². The van der Waals surface area contributed by atoms with Crippen LogP contribution in [0.5, 0.6) is 5.75 Å². The maximum atomic E-state index is 13.5. The van der Waals surface area contributed by atoms with Gasteiger partial charge in [0.15, 0.2) is 11.6 Å². The summed E-state index contributed by atoms with van der Waals surface area (Å²) in [5.74, 6) is -1.61. The van der Waals surface area contributed by atoms with Gasteiger partial charge < -0.3 is 20.5 Å².